The molecule has 0 fully saturated rings. The summed E-state index contributed by atoms with van der Waals surface area (Å²) in [6, 6.07) is 9.64. The van der Waals surface area contributed by atoms with Crippen LogP contribution in [0.25, 0.3) is 0 Å². The Kier molecular flexibility index (Phi) is 5.56. The number of aryl methyl sites for hydroxylation is 1. The zero-order valence-electron chi connectivity index (χ0n) is 14.1. The lowest BCUT2D eigenvalue weighted by atomic mass is 10.1. The molecule has 2 aromatic rings. The molecule has 2 rings (SSSR count). The van der Waals surface area contributed by atoms with E-state index in [4.69, 9.17) is 14.2 Å². The second kappa shape index (κ2) is 7.44. The van der Waals surface area contributed by atoms with Crippen LogP contribution in [0.1, 0.15) is 12.5 Å². The molecule has 0 atom stereocenters. The molecule has 0 saturated carbocycles. The van der Waals surface area contributed by atoms with Gasteiger partial charge in [0.25, 0.3) is 10.0 Å². The molecule has 130 valence electrons. The zero-order valence-corrected chi connectivity index (χ0v) is 14.9. The molecular formula is C17H21NO5S. The maximum atomic E-state index is 12.7. The Morgan fingerprint density at radius 1 is 0.917 bits per heavy atom. The molecule has 0 amide bonds. The SMILES string of the molecule is CCc1cc(S(=O)(=O)Nc2ccc(OC)cc2OC)ccc1OC. The number of ether oxygens (including phenoxy) is 3. The summed E-state index contributed by atoms with van der Waals surface area (Å²) in [7, 11) is 0.807. The zero-order chi connectivity index (χ0) is 17.7. The van der Waals surface area contributed by atoms with E-state index in [0.717, 1.165) is 5.56 Å². The predicted octanol–water partition coefficient (Wildman–Crippen LogP) is 3.08. The highest BCUT2D eigenvalue weighted by molar-refractivity contribution is 7.92. The second-order valence-electron chi connectivity index (χ2n) is 5.00. The van der Waals surface area contributed by atoms with Gasteiger partial charge in [-0.1, -0.05) is 6.92 Å². The lowest BCUT2D eigenvalue weighted by molar-refractivity contribution is 0.395. The number of rotatable bonds is 7. The number of anilines is 1. The number of benzene rings is 2. The van der Waals surface area contributed by atoms with Gasteiger partial charge in [-0.2, -0.15) is 0 Å². The van der Waals surface area contributed by atoms with E-state index in [1.807, 2.05) is 6.92 Å². The first-order chi connectivity index (χ1) is 11.4. The molecule has 0 spiro atoms. The molecule has 0 bridgehead atoms. The van der Waals surface area contributed by atoms with E-state index in [0.29, 0.717) is 29.4 Å². The van der Waals surface area contributed by atoms with Crippen LogP contribution in [0.15, 0.2) is 41.3 Å². The van der Waals surface area contributed by atoms with Crippen LogP contribution in [0.5, 0.6) is 17.2 Å². The van der Waals surface area contributed by atoms with Gasteiger partial charge in [0, 0.05) is 6.07 Å². The highest BCUT2D eigenvalue weighted by atomic mass is 32.2. The normalized spacial score (nSPS) is 11.0. The van der Waals surface area contributed by atoms with E-state index in [9.17, 15) is 8.42 Å². The van der Waals surface area contributed by atoms with Crippen molar-refractivity contribution >= 4 is 15.7 Å². The molecule has 6 nitrogen and oxygen atoms in total. The summed E-state index contributed by atoms with van der Waals surface area (Å²) in [6.45, 7) is 1.94. The molecule has 1 N–H and O–H groups in total. The van der Waals surface area contributed by atoms with Crippen molar-refractivity contribution in [2.24, 2.45) is 0 Å². The Labute approximate surface area is 142 Å². The molecular weight excluding hydrogens is 330 g/mol. The molecule has 0 aromatic heterocycles. The molecule has 0 aliphatic carbocycles. The third kappa shape index (κ3) is 3.73. The van der Waals surface area contributed by atoms with Gasteiger partial charge >= 0.3 is 0 Å². The standard InChI is InChI=1S/C17H21NO5S/c1-5-12-10-14(7-9-16(12)22-3)24(19,20)18-15-8-6-13(21-2)11-17(15)23-4/h6-11,18H,5H2,1-4H3. The topological polar surface area (TPSA) is 73.9 Å². The maximum absolute atomic E-state index is 12.7. The fraction of sp³-hybridized carbons (Fsp3) is 0.294. The Bertz CT molecular complexity index is 818. The summed E-state index contributed by atoms with van der Waals surface area (Å²) in [6.07, 6.45) is 0.665. The van der Waals surface area contributed by atoms with Gasteiger partial charge in [0.1, 0.15) is 17.2 Å². The van der Waals surface area contributed by atoms with Crippen LogP contribution in [0.3, 0.4) is 0 Å². The van der Waals surface area contributed by atoms with Crippen molar-refractivity contribution in [3.05, 3.63) is 42.0 Å². The largest absolute Gasteiger partial charge is 0.497 e. The van der Waals surface area contributed by atoms with Gasteiger partial charge in [0.05, 0.1) is 31.9 Å². The molecule has 0 heterocycles. The second-order valence-corrected chi connectivity index (χ2v) is 6.68. The van der Waals surface area contributed by atoms with Crippen molar-refractivity contribution in [3.8, 4) is 17.2 Å². The number of hydrogen-bond acceptors (Lipinski definition) is 5. The van der Waals surface area contributed by atoms with Gasteiger partial charge < -0.3 is 14.2 Å². The van der Waals surface area contributed by atoms with Gasteiger partial charge in [-0.05, 0) is 42.3 Å². The number of methoxy groups -OCH3 is 3. The first-order valence-electron chi connectivity index (χ1n) is 7.37. The van der Waals surface area contributed by atoms with E-state index in [1.165, 1.54) is 20.3 Å². The van der Waals surface area contributed by atoms with Gasteiger partial charge in [0.2, 0.25) is 0 Å². The third-order valence-corrected chi connectivity index (χ3v) is 4.96. The first kappa shape index (κ1) is 17.9. The van der Waals surface area contributed by atoms with E-state index < -0.39 is 10.0 Å². The Morgan fingerprint density at radius 3 is 2.21 bits per heavy atom. The molecule has 2 aromatic carbocycles. The average Bonchev–Trinajstić information content (AvgIpc) is 2.61. The fourth-order valence-corrected chi connectivity index (χ4v) is 3.41. The van der Waals surface area contributed by atoms with Crippen molar-refractivity contribution in [2.45, 2.75) is 18.2 Å². The molecule has 0 saturated heterocycles. The molecule has 24 heavy (non-hydrogen) atoms. The van der Waals surface area contributed by atoms with Crippen LogP contribution in [0.2, 0.25) is 0 Å². The Morgan fingerprint density at radius 2 is 1.62 bits per heavy atom. The van der Waals surface area contributed by atoms with Gasteiger partial charge in [-0.25, -0.2) is 8.42 Å². The summed E-state index contributed by atoms with van der Waals surface area (Å²) in [4.78, 5) is 0.165. The lowest BCUT2D eigenvalue weighted by Crippen LogP contribution is -2.14. The van der Waals surface area contributed by atoms with Gasteiger partial charge in [0.15, 0.2) is 0 Å². The molecule has 0 aliphatic rings. The van der Waals surface area contributed by atoms with Crippen molar-refractivity contribution < 1.29 is 22.6 Å². The minimum Gasteiger partial charge on any atom is -0.497 e. The molecule has 0 radical (unpaired) electrons. The third-order valence-electron chi connectivity index (χ3n) is 3.60. The van der Waals surface area contributed by atoms with Crippen LogP contribution in [-0.4, -0.2) is 29.7 Å². The summed E-state index contributed by atoms with van der Waals surface area (Å²) >= 11 is 0. The first-order valence-corrected chi connectivity index (χ1v) is 8.85. The van der Waals surface area contributed by atoms with Crippen LogP contribution < -0.4 is 18.9 Å². The number of sulfonamides is 1. The van der Waals surface area contributed by atoms with Gasteiger partial charge in [-0.15, -0.1) is 0 Å². The summed E-state index contributed by atoms with van der Waals surface area (Å²) in [5.41, 5.74) is 1.16. The number of nitrogens with one attached hydrogen (secondary N) is 1. The Hall–Kier alpha value is -2.41. The van der Waals surface area contributed by atoms with Crippen molar-refractivity contribution in [3.63, 3.8) is 0 Å². The minimum absolute atomic E-state index is 0.165. The predicted molar refractivity (Wildman–Crippen MR) is 92.7 cm³/mol. The van der Waals surface area contributed by atoms with Crippen molar-refractivity contribution in [1.29, 1.82) is 0 Å². The van der Waals surface area contributed by atoms with E-state index in [-0.39, 0.29) is 4.90 Å². The van der Waals surface area contributed by atoms with E-state index in [1.54, 1.807) is 37.4 Å². The molecule has 0 aliphatic heterocycles. The monoisotopic (exact) mass is 351 g/mol. The highest BCUT2D eigenvalue weighted by Gasteiger charge is 2.18. The van der Waals surface area contributed by atoms with E-state index >= 15 is 0 Å². The number of hydrogen-bond donors (Lipinski definition) is 1. The average molecular weight is 351 g/mol. The van der Waals surface area contributed by atoms with Crippen LogP contribution in [-0.2, 0) is 16.4 Å². The van der Waals surface area contributed by atoms with Gasteiger partial charge in [-0.3, -0.25) is 4.72 Å². The summed E-state index contributed by atoms with van der Waals surface area (Å²) in [5, 5.41) is 0. The lowest BCUT2D eigenvalue weighted by Gasteiger charge is -2.14. The smallest absolute Gasteiger partial charge is 0.262 e. The molecule has 7 heteroatoms. The van der Waals surface area contributed by atoms with Crippen molar-refractivity contribution in [1.82, 2.24) is 0 Å². The van der Waals surface area contributed by atoms with Crippen molar-refractivity contribution in [2.75, 3.05) is 26.1 Å². The maximum Gasteiger partial charge on any atom is 0.262 e. The van der Waals surface area contributed by atoms with Crippen LogP contribution in [0, 0.1) is 0 Å². The van der Waals surface area contributed by atoms with Crippen LogP contribution >= 0.6 is 0 Å². The quantitative estimate of drug-likeness (QED) is 0.830. The molecule has 0 unspecified atom stereocenters. The van der Waals surface area contributed by atoms with Crippen LogP contribution in [0.4, 0.5) is 5.69 Å². The fourth-order valence-electron chi connectivity index (χ4n) is 2.28. The summed E-state index contributed by atoms with van der Waals surface area (Å²) in [5.74, 6) is 1.62. The minimum atomic E-state index is -3.75. The summed E-state index contributed by atoms with van der Waals surface area (Å²) < 4.78 is 43.4. The highest BCUT2D eigenvalue weighted by Crippen LogP contribution is 2.31. The Balaban J connectivity index is 2.38. The van der Waals surface area contributed by atoms with E-state index in [2.05, 4.69) is 4.72 Å².